The second kappa shape index (κ2) is 7.97. The lowest BCUT2D eigenvalue weighted by Gasteiger charge is -2.08. The van der Waals surface area contributed by atoms with E-state index in [0.29, 0.717) is 30.9 Å². The Balaban J connectivity index is 2.29. The zero-order valence-corrected chi connectivity index (χ0v) is 11.2. The van der Waals surface area contributed by atoms with Crippen molar-refractivity contribution < 1.29 is 14.3 Å². The number of urea groups is 1. The van der Waals surface area contributed by atoms with Crippen LogP contribution in [-0.2, 0) is 0 Å². The third kappa shape index (κ3) is 5.29. The Kier molecular flexibility index (Phi) is 6.21. The number of benzene rings is 1. The molecule has 0 heterocycles. The molecule has 6 nitrogen and oxygen atoms in total. The smallest absolute Gasteiger partial charge is 0.314 e. The highest BCUT2D eigenvalue weighted by atomic mass is 16.5. The Morgan fingerprint density at radius 1 is 1.05 bits per heavy atom. The predicted molar refractivity (Wildman–Crippen MR) is 72.4 cm³/mol. The molecule has 0 radical (unpaired) electrons. The maximum atomic E-state index is 11.7. The predicted octanol–water partition coefficient (Wildman–Crippen LogP) is 0.744. The van der Waals surface area contributed by atoms with Gasteiger partial charge in [0.2, 0.25) is 0 Å². The van der Waals surface area contributed by atoms with Gasteiger partial charge in [-0.1, -0.05) is 0 Å². The average Bonchev–Trinajstić information content (AvgIpc) is 2.44. The minimum atomic E-state index is -0.235. The summed E-state index contributed by atoms with van der Waals surface area (Å²) < 4.78 is 5.01. The van der Waals surface area contributed by atoms with Crippen molar-refractivity contribution in [2.75, 3.05) is 26.7 Å². The number of rotatable bonds is 6. The van der Waals surface area contributed by atoms with Crippen LogP contribution in [0.4, 0.5) is 4.79 Å². The molecule has 0 spiro atoms. The van der Waals surface area contributed by atoms with Crippen LogP contribution in [-0.4, -0.2) is 38.7 Å². The number of amides is 3. The molecular formula is C13H19N3O3. The molecule has 0 bridgehead atoms. The number of carbonyl (C=O) groups is 2. The molecule has 0 aliphatic heterocycles. The molecule has 0 atom stereocenters. The Morgan fingerprint density at radius 2 is 1.68 bits per heavy atom. The molecule has 0 unspecified atom stereocenters. The van der Waals surface area contributed by atoms with Crippen LogP contribution in [0.5, 0.6) is 5.75 Å². The normalized spacial score (nSPS) is 9.58. The molecule has 104 valence electrons. The molecule has 1 aromatic carbocycles. The summed E-state index contributed by atoms with van der Waals surface area (Å²) in [5, 5.41) is 7.94. The first-order valence-electron chi connectivity index (χ1n) is 6.11. The van der Waals surface area contributed by atoms with E-state index in [-0.39, 0.29) is 11.9 Å². The van der Waals surface area contributed by atoms with Gasteiger partial charge in [-0.2, -0.15) is 0 Å². The SMILES string of the molecule is CCNC(=O)NCCNC(=O)c1ccc(OC)cc1. The van der Waals surface area contributed by atoms with Crippen molar-refractivity contribution in [1.82, 2.24) is 16.0 Å². The number of hydrogen-bond acceptors (Lipinski definition) is 3. The van der Waals surface area contributed by atoms with Crippen LogP contribution in [0.1, 0.15) is 17.3 Å². The molecular weight excluding hydrogens is 246 g/mol. The van der Waals surface area contributed by atoms with Crippen molar-refractivity contribution in [2.24, 2.45) is 0 Å². The van der Waals surface area contributed by atoms with Crippen LogP contribution >= 0.6 is 0 Å². The van der Waals surface area contributed by atoms with E-state index in [1.165, 1.54) is 0 Å². The molecule has 0 saturated carbocycles. The third-order valence-corrected chi connectivity index (χ3v) is 2.39. The summed E-state index contributed by atoms with van der Waals surface area (Å²) in [6, 6.07) is 6.58. The first-order valence-corrected chi connectivity index (χ1v) is 6.11. The van der Waals surface area contributed by atoms with Gasteiger partial charge in [0.25, 0.3) is 5.91 Å². The molecule has 1 aromatic rings. The van der Waals surface area contributed by atoms with Crippen molar-refractivity contribution in [1.29, 1.82) is 0 Å². The van der Waals surface area contributed by atoms with Crippen LogP contribution in [0, 0.1) is 0 Å². The zero-order chi connectivity index (χ0) is 14.1. The van der Waals surface area contributed by atoms with Gasteiger partial charge < -0.3 is 20.7 Å². The van der Waals surface area contributed by atoms with E-state index in [0.717, 1.165) is 0 Å². The van der Waals surface area contributed by atoms with Gasteiger partial charge in [-0.3, -0.25) is 4.79 Å². The molecule has 1 rings (SSSR count). The molecule has 0 aliphatic rings. The van der Waals surface area contributed by atoms with Gasteiger partial charge >= 0.3 is 6.03 Å². The van der Waals surface area contributed by atoms with Crippen molar-refractivity contribution >= 4 is 11.9 Å². The quantitative estimate of drug-likeness (QED) is 0.664. The Hall–Kier alpha value is -2.24. The van der Waals surface area contributed by atoms with Gasteiger partial charge in [0, 0.05) is 25.2 Å². The highest BCUT2D eigenvalue weighted by Crippen LogP contribution is 2.10. The Labute approximate surface area is 112 Å². The van der Waals surface area contributed by atoms with Gasteiger partial charge in [-0.15, -0.1) is 0 Å². The topological polar surface area (TPSA) is 79.5 Å². The largest absolute Gasteiger partial charge is 0.497 e. The van der Waals surface area contributed by atoms with Crippen LogP contribution < -0.4 is 20.7 Å². The van der Waals surface area contributed by atoms with E-state index in [4.69, 9.17) is 4.74 Å². The fourth-order valence-electron chi connectivity index (χ4n) is 1.42. The number of carbonyl (C=O) groups excluding carboxylic acids is 2. The van der Waals surface area contributed by atoms with E-state index >= 15 is 0 Å². The maximum absolute atomic E-state index is 11.7. The van der Waals surface area contributed by atoms with Crippen molar-refractivity contribution in [3.63, 3.8) is 0 Å². The van der Waals surface area contributed by atoms with Gasteiger partial charge in [0.05, 0.1) is 7.11 Å². The van der Waals surface area contributed by atoms with Crippen LogP contribution in [0.3, 0.4) is 0 Å². The maximum Gasteiger partial charge on any atom is 0.314 e. The minimum absolute atomic E-state index is 0.180. The van der Waals surface area contributed by atoms with Crippen LogP contribution in [0.2, 0.25) is 0 Å². The van der Waals surface area contributed by atoms with Gasteiger partial charge in [-0.05, 0) is 31.2 Å². The van der Waals surface area contributed by atoms with E-state index in [2.05, 4.69) is 16.0 Å². The van der Waals surface area contributed by atoms with Gasteiger partial charge in [0.1, 0.15) is 5.75 Å². The summed E-state index contributed by atoms with van der Waals surface area (Å²) in [6.07, 6.45) is 0. The first kappa shape index (κ1) is 14.8. The second-order valence-corrected chi connectivity index (χ2v) is 3.77. The summed E-state index contributed by atoms with van der Waals surface area (Å²) >= 11 is 0. The molecule has 3 N–H and O–H groups in total. The number of nitrogens with one attached hydrogen (secondary N) is 3. The highest BCUT2D eigenvalue weighted by molar-refractivity contribution is 5.94. The van der Waals surface area contributed by atoms with E-state index in [1.54, 1.807) is 31.4 Å². The average molecular weight is 265 g/mol. The van der Waals surface area contributed by atoms with E-state index in [9.17, 15) is 9.59 Å². The summed E-state index contributed by atoms with van der Waals surface area (Å²) in [5.74, 6) is 0.523. The lowest BCUT2D eigenvalue weighted by molar-refractivity contribution is 0.0954. The third-order valence-electron chi connectivity index (χ3n) is 2.39. The lowest BCUT2D eigenvalue weighted by Crippen LogP contribution is -2.40. The molecule has 0 fully saturated rings. The van der Waals surface area contributed by atoms with E-state index < -0.39 is 0 Å². The Bertz CT molecular complexity index is 418. The van der Waals surface area contributed by atoms with Crippen LogP contribution in [0.25, 0.3) is 0 Å². The Morgan fingerprint density at radius 3 is 2.26 bits per heavy atom. The zero-order valence-electron chi connectivity index (χ0n) is 11.2. The summed E-state index contributed by atoms with van der Waals surface area (Å²) in [7, 11) is 1.57. The lowest BCUT2D eigenvalue weighted by atomic mass is 10.2. The molecule has 6 heteroatoms. The number of methoxy groups -OCH3 is 1. The summed E-state index contributed by atoms with van der Waals surface area (Å²) in [4.78, 5) is 22.8. The molecule has 3 amide bonds. The van der Waals surface area contributed by atoms with Crippen LogP contribution in [0.15, 0.2) is 24.3 Å². The number of hydrogen-bond donors (Lipinski definition) is 3. The molecule has 0 saturated heterocycles. The monoisotopic (exact) mass is 265 g/mol. The first-order chi connectivity index (χ1) is 9.17. The van der Waals surface area contributed by atoms with Crippen molar-refractivity contribution in [3.05, 3.63) is 29.8 Å². The fourth-order valence-corrected chi connectivity index (χ4v) is 1.42. The number of ether oxygens (including phenoxy) is 1. The standard InChI is InChI=1S/C13H19N3O3/c1-3-14-13(18)16-9-8-15-12(17)10-4-6-11(19-2)7-5-10/h4-7H,3,8-9H2,1-2H3,(H,15,17)(H2,14,16,18). The molecule has 19 heavy (non-hydrogen) atoms. The summed E-state index contributed by atoms with van der Waals surface area (Å²) in [5.41, 5.74) is 0.554. The highest BCUT2D eigenvalue weighted by Gasteiger charge is 2.04. The molecule has 0 aliphatic carbocycles. The fraction of sp³-hybridized carbons (Fsp3) is 0.385. The van der Waals surface area contributed by atoms with E-state index in [1.807, 2.05) is 6.92 Å². The van der Waals surface area contributed by atoms with Gasteiger partial charge in [0.15, 0.2) is 0 Å². The van der Waals surface area contributed by atoms with Crippen molar-refractivity contribution in [2.45, 2.75) is 6.92 Å². The summed E-state index contributed by atoms with van der Waals surface area (Å²) in [6.45, 7) is 3.17. The molecule has 0 aromatic heterocycles. The van der Waals surface area contributed by atoms with Crippen molar-refractivity contribution in [3.8, 4) is 5.75 Å². The van der Waals surface area contributed by atoms with Gasteiger partial charge in [-0.25, -0.2) is 4.79 Å². The minimum Gasteiger partial charge on any atom is -0.497 e. The second-order valence-electron chi connectivity index (χ2n) is 3.77.